The van der Waals surface area contributed by atoms with Crippen molar-refractivity contribution in [3.63, 3.8) is 0 Å². The summed E-state index contributed by atoms with van der Waals surface area (Å²) in [6.45, 7) is 9.31. The second-order valence-corrected chi connectivity index (χ2v) is 6.77. The SMILES string of the molecule is CC(CNC1C2CCOC2C1(C)C)C1CC1. The Balaban J connectivity index is 1.54. The molecular weight excluding hydrogens is 198 g/mol. The normalized spacial score (nSPS) is 42.6. The van der Waals surface area contributed by atoms with Gasteiger partial charge in [-0.2, -0.15) is 0 Å². The number of ether oxygens (including phenoxy) is 1. The van der Waals surface area contributed by atoms with E-state index in [-0.39, 0.29) is 0 Å². The highest BCUT2D eigenvalue weighted by atomic mass is 16.5. The second-order valence-electron chi connectivity index (χ2n) is 6.77. The lowest BCUT2D eigenvalue weighted by molar-refractivity contribution is -0.113. The van der Waals surface area contributed by atoms with Crippen molar-refractivity contribution >= 4 is 0 Å². The molecular formula is C14H25NO. The predicted octanol–water partition coefficient (Wildman–Crippen LogP) is 2.44. The van der Waals surface area contributed by atoms with Crippen molar-refractivity contribution < 1.29 is 4.74 Å². The molecule has 0 amide bonds. The molecule has 2 heteroatoms. The number of hydrogen-bond donors (Lipinski definition) is 1. The molecule has 0 spiro atoms. The monoisotopic (exact) mass is 223 g/mol. The van der Waals surface area contributed by atoms with Gasteiger partial charge in [0.05, 0.1) is 6.10 Å². The van der Waals surface area contributed by atoms with Gasteiger partial charge in [-0.05, 0) is 37.6 Å². The number of nitrogens with one attached hydrogen (secondary N) is 1. The molecule has 3 fully saturated rings. The van der Waals surface area contributed by atoms with Crippen LogP contribution in [0.15, 0.2) is 0 Å². The first kappa shape index (κ1) is 11.0. The molecule has 0 aromatic heterocycles. The minimum absolute atomic E-state index is 0.352. The number of rotatable bonds is 4. The summed E-state index contributed by atoms with van der Waals surface area (Å²) in [6, 6.07) is 0.696. The minimum atomic E-state index is 0.352. The molecule has 0 bridgehead atoms. The molecule has 92 valence electrons. The van der Waals surface area contributed by atoms with Crippen LogP contribution in [0.2, 0.25) is 0 Å². The van der Waals surface area contributed by atoms with E-state index in [2.05, 4.69) is 26.1 Å². The largest absolute Gasteiger partial charge is 0.377 e. The Hall–Kier alpha value is -0.0800. The van der Waals surface area contributed by atoms with Crippen LogP contribution in [0.5, 0.6) is 0 Å². The molecule has 3 aliphatic rings. The molecule has 1 N–H and O–H groups in total. The second kappa shape index (κ2) is 3.71. The standard InChI is InChI=1S/C14H25NO/c1-9(10-4-5-10)8-15-12-11-6-7-16-13(11)14(12,2)3/h9-13,15H,4-8H2,1-3H3. The van der Waals surface area contributed by atoms with Gasteiger partial charge in [-0.25, -0.2) is 0 Å². The van der Waals surface area contributed by atoms with Gasteiger partial charge < -0.3 is 10.1 Å². The molecule has 0 aromatic carbocycles. The van der Waals surface area contributed by atoms with Crippen molar-refractivity contribution in [2.45, 2.75) is 52.2 Å². The zero-order valence-corrected chi connectivity index (χ0v) is 10.8. The highest BCUT2D eigenvalue weighted by molar-refractivity contribution is 5.11. The van der Waals surface area contributed by atoms with E-state index in [1.807, 2.05) is 0 Å². The van der Waals surface area contributed by atoms with Gasteiger partial charge in [0, 0.05) is 24.0 Å². The summed E-state index contributed by atoms with van der Waals surface area (Å²) in [5.74, 6) is 2.69. The topological polar surface area (TPSA) is 21.3 Å². The molecule has 2 saturated carbocycles. The molecule has 2 aliphatic carbocycles. The van der Waals surface area contributed by atoms with Crippen molar-refractivity contribution in [1.82, 2.24) is 5.32 Å². The predicted molar refractivity (Wildman–Crippen MR) is 65.3 cm³/mol. The van der Waals surface area contributed by atoms with E-state index in [0.717, 1.165) is 24.4 Å². The molecule has 2 nitrogen and oxygen atoms in total. The smallest absolute Gasteiger partial charge is 0.0685 e. The van der Waals surface area contributed by atoms with Gasteiger partial charge in [0.15, 0.2) is 0 Å². The molecule has 1 aliphatic heterocycles. The number of hydrogen-bond acceptors (Lipinski definition) is 2. The highest BCUT2D eigenvalue weighted by Gasteiger charge is 2.59. The van der Waals surface area contributed by atoms with Crippen LogP contribution in [0.4, 0.5) is 0 Å². The zero-order valence-electron chi connectivity index (χ0n) is 10.8. The van der Waals surface area contributed by atoms with Crippen LogP contribution in [0.1, 0.15) is 40.0 Å². The third kappa shape index (κ3) is 1.62. The molecule has 4 atom stereocenters. The van der Waals surface area contributed by atoms with Crippen LogP contribution in [0.3, 0.4) is 0 Å². The summed E-state index contributed by atoms with van der Waals surface area (Å²) in [5.41, 5.74) is 0.352. The summed E-state index contributed by atoms with van der Waals surface area (Å²) in [6.07, 6.45) is 4.73. The summed E-state index contributed by atoms with van der Waals surface area (Å²) >= 11 is 0. The Morgan fingerprint density at radius 3 is 2.75 bits per heavy atom. The van der Waals surface area contributed by atoms with Gasteiger partial charge in [0.25, 0.3) is 0 Å². The molecule has 1 heterocycles. The fraction of sp³-hybridized carbons (Fsp3) is 1.00. The maximum absolute atomic E-state index is 5.82. The Morgan fingerprint density at radius 1 is 1.31 bits per heavy atom. The van der Waals surface area contributed by atoms with E-state index >= 15 is 0 Å². The van der Waals surface area contributed by atoms with Crippen molar-refractivity contribution in [3.05, 3.63) is 0 Å². The lowest BCUT2D eigenvalue weighted by atomic mass is 9.57. The van der Waals surface area contributed by atoms with Gasteiger partial charge in [0.1, 0.15) is 0 Å². The van der Waals surface area contributed by atoms with Crippen LogP contribution in [0, 0.1) is 23.2 Å². The molecule has 1 saturated heterocycles. The first-order chi connectivity index (χ1) is 7.60. The third-order valence-corrected chi connectivity index (χ3v) is 5.19. The van der Waals surface area contributed by atoms with E-state index in [0.29, 0.717) is 17.6 Å². The van der Waals surface area contributed by atoms with Crippen LogP contribution >= 0.6 is 0 Å². The Morgan fingerprint density at radius 2 is 2.06 bits per heavy atom. The van der Waals surface area contributed by atoms with Crippen LogP contribution in [0.25, 0.3) is 0 Å². The van der Waals surface area contributed by atoms with Gasteiger partial charge in [-0.1, -0.05) is 20.8 Å². The lowest BCUT2D eigenvalue weighted by Gasteiger charge is -2.55. The van der Waals surface area contributed by atoms with Crippen molar-refractivity contribution in [2.75, 3.05) is 13.2 Å². The van der Waals surface area contributed by atoms with Crippen LogP contribution < -0.4 is 5.32 Å². The van der Waals surface area contributed by atoms with E-state index in [4.69, 9.17) is 4.74 Å². The van der Waals surface area contributed by atoms with Gasteiger partial charge in [-0.15, -0.1) is 0 Å². The zero-order chi connectivity index (χ0) is 11.3. The average molecular weight is 223 g/mol. The van der Waals surface area contributed by atoms with E-state index in [1.54, 1.807) is 0 Å². The Labute approximate surface area is 99.1 Å². The van der Waals surface area contributed by atoms with Gasteiger partial charge in [-0.3, -0.25) is 0 Å². The fourth-order valence-electron chi connectivity index (χ4n) is 3.88. The van der Waals surface area contributed by atoms with Gasteiger partial charge >= 0.3 is 0 Å². The Kier molecular flexibility index (Phi) is 2.56. The lowest BCUT2D eigenvalue weighted by Crippen LogP contribution is -2.66. The first-order valence-electron chi connectivity index (χ1n) is 6.95. The maximum atomic E-state index is 5.82. The maximum Gasteiger partial charge on any atom is 0.0685 e. The summed E-state index contributed by atoms with van der Waals surface area (Å²) < 4.78 is 5.82. The quantitative estimate of drug-likeness (QED) is 0.790. The van der Waals surface area contributed by atoms with E-state index in [1.165, 1.54) is 25.8 Å². The van der Waals surface area contributed by atoms with Crippen molar-refractivity contribution in [3.8, 4) is 0 Å². The molecule has 4 unspecified atom stereocenters. The first-order valence-corrected chi connectivity index (χ1v) is 6.95. The van der Waals surface area contributed by atoms with Gasteiger partial charge in [0.2, 0.25) is 0 Å². The molecule has 0 aromatic rings. The summed E-state index contributed by atoms with van der Waals surface area (Å²) in [5, 5.41) is 3.82. The fourth-order valence-corrected chi connectivity index (χ4v) is 3.88. The minimum Gasteiger partial charge on any atom is -0.377 e. The van der Waals surface area contributed by atoms with Crippen molar-refractivity contribution in [2.24, 2.45) is 23.2 Å². The molecule has 3 rings (SSSR count). The molecule has 16 heavy (non-hydrogen) atoms. The summed E-state index contributed by atoms with van der Waals surface area (Å²) in [7, 11) is 0. The summed E-state index contributed by atoms with van der Waals surface area (Å²) in [4.78, 5) is 0. The van der Waals surface area contributed by atoms with E-state index in [9.17, 15) is 0 Å². The molecule has 0 radical (unpaired) electrons. The highest BCUT2D eigenvalue weighted by Crippen LogP contribution is 2.52. The average Bonchev–Trinajstić information content (AvgIpc) is 2.98. The Bertz CT molecular complexity index is 272. The van der Waals surface area contributed by atoms with Crippen LogP contribution in [-0.2, 0) is 4.74 Å². The third-order valence-electron chi connectivity index (χ3n) is 5.19. The van der Waals surface area contributed by atoms with Crippen molar-refractivity contribution in [1.29, 1.82) is 0 Å². The van der Waals surface area contributed by atoms with Crippen LogP contribution in [-0.4, -0.2) is 25.3 Å². The van der Waals surface area contributed by atoms with E-state index < -0.39 is 0 Å². The number of fused-ring (bicyclic) bond motifs is 1.